The number of aliphatic carboxylic acids is 1. The SMILES string of the molecule is O=C(O)C1CCCCN1S(=O)(=O)Cc1cccc2cccnc12. The van der Waals surface area contributed by atoms with E-state index in [4.69, 9.17) is 0 Å². The molecule has 2 aromatic rings. The standard InChI is InChI=1S/C16H18N2O4S/c19-16(20)14-8-1-2-10-18(14)23(21,22)11-13-6-3-5-12-7-4-9-17-15(12)13/h3-7,9,14H,1-2,8,10-11H2,(H,19,20). The van der Waals surface area contributed by atoms with Crippen molar-refractivity contribution >= 4 is 26.9 Å². The maximum Gasteiger partial charge on any atom is 0.322 e. The van der Waals surface area contributed by atoms with Gasteiger partial charge in [-0.05, 0) is 30.9 Å². The summed E-state index contributed by atoms with van der Waals surface area (Å²) in [7, 11) is -3.71. The number of rotatable bonds is 4. The molecule has 1 unspecified atom stereocenters. The molecule has 0 aliphatic carbocycles. The predicted octanol–water partition coefficient (Wildman–Crippen LogP) is 2.00. The van der Waals surface area contributed by atoms with E-state index in [-0.39, 0.29) is 12.3 Å². The van der Waals surface area contributed by atoms with Crippen LogP contribution in [0.25, 0.3) is 10.9 Å². The van der Waals surface area contributed by atoms with Crippen molar-refractivity contribution in [3.63, 3.8) is 0 Å². The lowest BCUT2D eigenvalue weighted by molar-refractivity contribution is -0.142. The normalized spacial score (nSPS) is 19.7. The van der Waals surface area contributed by atoms with Gasteiger partial charge < -0.3 is 5.11 Å². The lowest BCUT2D eigenvalue weighted by Crippen LogP contribution is -2.48. The number of carbonyl (C=O) groups is 1. The molecule has 23 heavy (non-hydrogen) atoms. The predicted molar refractivity (Wildman–Crippen MR) is 86.3 cm³/mol. The van der Waals surface area contributed by atoms with Crippen LogP contribution in [0.15, 0.2) is 36.5 Å². The Kier molecular flexibility index (Phi) is 4.32. The van der Waals surface area contributed by atoms with Crippen molar-refractivity contribution in [2.24, 2.45) is 0 Å². The van der Waals surface area contributed by atoms with E-state index < -0.39 is 22.0 Å². The summed E-state index contributed by atoms with van der Waals surface area (Å²) < 4.78 is 26.6. The van der Waals surface area contributed by atoms with Gasteiger partial charge in [0.1, 0.15) is 6.04 Å². The Balaban J connectivity index is 1.95. The highest BCUT2D eigenvalue weighted by molar-refractivity contribution is 7.88. The molecule has 1 aliphatic heterocycles. The number of aromatic nitrogens is 1. The number of hydrogen-bond acceptors (Lipinski definition) is 4. The largest absolute Gasteiger partial charge is 0.480 e. The second-order valence-corrected chi connectivity index (χ2v) is 7.63. The molecule has 0 saturated carbocycles. The zero-order valence-electron chi connectivity index (χ0n) is 12.6. The van der Waals surface area contributed by atoms with Crippen molar-refractivity contribution in [3.8, 4) is 0 Å². The summed E-state index contributed by atoms with van der Waals surface area (Å²) in [6, 6.07) is 8.10. The van der Waals surface area contributed by atoms with Crippen LogP contribution in [0.4, 0.5) is 0 Å². The highest BCUT2D eigenvalue weighted by Gasteiger charge is 2.36. The molecule has 122 valence electrons. The lowest BCUT2D eigenvalue weighted by Gasteiger charge is -2.31. The summed E-state index contributed by atoms with van der Waals surface area (Å²) >= 11 is 0. The average Bonchev–Trinajstić information content (AvgIpc) is 2.55. The Morgan fingerprint density at radius 1 is 1.26 bits per heavy atom. The zero-order valence-corrected chi connectivity index (χ0v) is 13.4. The summed E-state index contributed by atoms with van der Waals surface area (Å²) in [5.74, 6) is -1.31. The number of carboxylic acids is 1. The number of fused-ring (bicyclic) bond motifs is 1. The molecule has 6 nitrogen and oxygen atoms in total. The number of para-hydroxylation sites is 1. The number of benzene rings is 1. The van der Waals surface area contributed by atoms with E-state index in [0.717, 1.165) is 16.1 Å². The third kappa shape index (κ3) is 3.20. The molecule has 1 aromatic heterocycles. The third-order valence-corrected chi connectivity index (χ3v) is 5.98. The monoisotopic (exact) mass is 334 g/mol. The maximum absolute atomic E-state index is 12.7. The first-order valence-electron chi connectivity index (χ1n) is 7.54. The van der Waals surface area contributed by atoms with Gasteiger partial charge in [0.25, 0.3) is 0 Å². The van der Waals surface area contributed by atoms with Crippen LogP contribution < -0.4 is 0 Å². The van der Waals surface area contributed by atoms with Crippen LogP contribution in [0, 0.1) is 0 Å². The second-order valence-electron chi connectivity index (χ2n) is 5.71. The Bertz CT molecular complexity index is 830. The maximum atomic E-state index is 12.7. The quantitative estimate of drug-likeness (QED) is 0.924. The molecule has 0 bridgehead atoms. The van der Waals surface area contributed by atoms with Crippen LogP contribution in [0.2, 0.25) is 0 Å². The zero-order chi connectivity index (χ0) is 16.4. The number of hydrogen-bond donors (Lipinski definition) is 1. The molecule has 1 aliphatic rings. The lowest BCUT2D eigenvalue weighted by atomic mass is 10.1. The summed E-state index contributed by atoms with van der Waals surface area (Å²) in [5, 5.41) is 10.2. The first-order valence-corrected chi connectivity index (χ1v) is 9.15. The van der Waals surface area contributed by atoms with Crippen LogP contribution in [-0.2, 0) is 20.6 Å². The summed E-state index contributed by atoms with van der Waals surface area (Å²) in [5.41, 5.74) is 1.24. The van der Waals surface area contributed by atoms with Gasteiger partial charge in [-0.1, -0.05) is 24.3 Å². The van der Waals surface area contributed by atoms with E-state index in [0.29, 0.717) is 23.9 Å². The molecule has 1 saturated heterocycles. The van der Waals surface area contributed by atoms with Crippen LogP contribution in [-0.4, -0.2) is 41.4 Å². The van der Waals surface area contributed by atoms with E-state index in [1.165, 1.54) is 0 Å². The highest BCUT2D eigenvalue weighted by atomic mass is 32.2. The van der Waals surface area contributed by atoms with Gasteiger partial charge in [-0.25, -0.2) is 8.42 Å². The smallest absolute Gasteiger partial charge is 0.322 e. The molecule has 1 N–H and O–H groups in total. The number of carboxylic acid groups (broad SMARTS) is 1. The van der Waals surface area contributed by atoms with Crippen LogP contribution >= 0.6 is 0 Å². The molecule has 0 radical (unpaired) electrons. The number of piperidine rings is 1. The first-order chi connectivity index (χ1) is 11.0. The Morgan fingerprint density at radius 2 is 2.04 bits per heavy atom. The van der Waals surface area contributed by atoms with E-state index >= 15 is 0 Å². The Hall–Kier alpha value is -1.99. The van der Waals surface area contributed by atoms with Gasteiger partial charge in [-0.3, -0.25) is 9.78 Å². The van der Waals surface area contributed by atoms with Crippen molar-refractivity contribution < 1.29 is 18.3 Å². The topological polar surface area (TPSA) is 87.6 Å². The van der Waals surface area contributed by atoms with Crippen LogP contribution in [0.5, 0.6) is 0 Å². The fourth-order valence-electron chi connectivity index (χ4n) is 3.05. The number of sulfonamides is 1. The average molecular weight is 334 g/mol. The Labute approximate surface area is 134 Å². The van der Waals surface area contributed by atoms with Gasteiger partial charge in [0, 0.05) is 18.1 Å². The molecular formula is C16H18N2O4S. The fraction of sp³-hybridized carbons (Fsp3) is 0.375. The van der Waals surface area contributed by atoms with Crippen molar-refractivity contribution in [3.05, 3.63) is 42.1 Å². The number of pyridine rings is 1. The first kappa shape index (κ1) is 15.9. The van der Waals surface area contributed by atoms with Gasteiger partial charge in [-0.15, -0.1) is 0 Å². The van der Waals surface area contributed by atoms with Crippen molar-refractivity contribution in [2.75, 3.05) is 6.54 Å². The summed E-state index contributed by atoms with van der Waals surface area (Å²) in [4.78, 5) is 15.6. The van der Waals surface area contributed by atoms with Gasteiger partial charge in [0.15, 0.2) is 0 Å². The van der Waals surface area contributed by atoms with Gasteiger partial charge in [0.2, 0.25) is 10.0 Å². The fourth-order valence-corrected chi connectivity index (χ4v) is 4.83. The molecule has 2 heterocycles. The van der Waals surface area contributed by atoms with Crippen LogP contribution in [0.3, 0.4) is 0 Å². The van der Waals surface area contributed by atoms with Crippen LogP contribution in [0.1, 0.15) is 24.8 Å². The minimum Gasteiger partial charge on any atom is -0.480 e. The minimum atomic E-state index is -3.71. The van der Waals surface area contributed by atoms with Gasteiger partial charge in [0.05, 0.1) is 11.3 Å². The molecule has 7 heteroatoms. The van der Waals surface area contributed by atoms with Gasteiger partial charge in [-0.2, -0.15) is 4.31 Å². The second kappa shape index (κ2) is 6.25. The number of nitrogens with zero attached hydrogens (tertiary/aromatic N) is 2. The highest BCUT2D eigenvalue weighted by Crippen LogP contribution is 2.25. The molecule has 1 atom stereocenters. The molecule has 1 fully saturated rings. The van der Waals surface area contributed by atoms with Gasteiger partial charge >= 0.3 is 5.97 Å². The summed E-state index contributed by atoms with van der Waals surface area (Å²) in [6.45, 7) is 0.261. The van der Waals surface area contributed by atoms with Crippen molar-refractivity contribution in [1.82, 2.24) is 9.29 Å². The van der Waals surface area contributed by atoms with E-state index in [2.05, 4.69) is 4.98 Å². The molecule has 0 amide bonds. The summed E-state index contributed by atoms with van der Waals surface area (Å²) in [6.07, 6.45) is 3.41. The molecule has 3 rings (SSSR count). The molecule has 0 spiro atoms. The van der Waals surface area contributed by atoms with E-state index in [9.17, 15) is 18.3 Å². The molecule has 1 aromatic carbocycles. The van der Waals surface area contributed by atoms with Crippen molar-refractivity contribution in [2.45, 2.75) is 31.1 Å². The minimum absolute atomic E-state index is 0.231. The third-order valence-electron chi connectivity index (χ3n) is 4.15. The van der Waals surface area contributed by atoms with E-state index in [1.807, 2.05) is 12.1 Å². The Morgan fingerprint density at radius 3 is 2.83 bits per heavy atom. The van der Waals surface area contributed by atoms with E-state index in [1.54, 1.807) is 24.4 Å². The van der Waals surface area contributed by atoms with Crippen molar-refractivity contribution in [1.29, 1.82) is 0 Å². The molecular weight excluding hydrogens is 316 g/mol.